The van der Waals surface area contributed by atoms with E-state index in [1.165, 1.54) is 16.9 Å². The molecule has 3 rings (SSSR count). The van der Waals surface area contributed by atoms with Gasteiger partial charge in [-0.1, -0.05) is 18.2 Å². The van der Waals surface area contributed by atoms with Gasteiger partial charge in [0, 0.05) is 5.69 Å². The van der Waals surface area contributed by atoms with Gasteiger partial charge in [-0.25, -0.2) is 4.52 Å². The molecule has 6 heteroatoms. The number of nitrogens with zero attached hydrogens (tertiary/aromatic N) is 4. The van der Waals surface area contributed by atoms with Gasteiger partial charge in [-0.15, -0.1) is 4.91 Å². The molecule has 0 aliphatic rings. The molecule has 20 heavy (non-hydrogen) atoms. The molecule has 0 aliphatic carbocycles. The molecule has 0 bridgehead atoms. The quantitative estimate of drug-likeness (QED) is 0.734. The van der Waals surface area contributed by atoms with Crippen molar-refractivity contribution in [2.45, 2.75) is 0 Å². The van der Waals surface area contributed by atoms with Crippen molar-refractivity contribution >= 4 is 22.6 Å². The van der Waals surface area contributed by atoms with Gasteiger partial charge in [-0.05, 0) is 23.4 Å². The van der Waals surface area contributed by atoms with E-state index in [0.717, 1.165) is 5.69 Å². The molecular formula is C14H9N5O. The van der Waals surface area contributed by atoms with Gasteiger partial charge in [0.15, 0.2) is 0 Å². The van der Waals surface area contributed by atoms with Crippen LogP contribution in [0.25, 0.3) is 5.52 Å². The number of hydrogen-bond donors (Lipinski definition) is 1. The Kier molecular flexibility index (Phi) is 2.86. The topological polar surface area (TPSA) is 82.6 Å². The predicted molar refractivity (Wildman–Crippen MR) is 75.1 cm³/mol. The normalized spacial score (nSPS) is 10.2. The molecule has 0 aliphatic heterocycles. The molecule has 0 fully saturated rings. The van der Waals surface area contributed by atoms with Gasteiger partial charge < -0.3 is 5.32 Å². The van der Waals surface area contributed by atoms with Crippen molar-refractivity contribution in [3.05, 3.63) is 59.3 Å². The number of benzene rings is 1. The maximum atomic E-state index is 10.6. The highest BCUT2D eigenvalue weighted by Crippen LogP contribution is 2.28. The van der Waals surface area contributed by atoms with E-state index in [2.05, 4.69) is 21.7 Å². The van der Waals surface area contributed by atoms with E-state index < -0.39 is 0 Å². The lowest BCUT2D eigenvalue weighted by Crippen LogP contribution is -1.99. The van der Waals surface area contributed by atoms with Crippen LogP contribution in [-0.4, -0.2) is 9.61 Å². The van der Waals surface area contributed by atoms with Crippen molar-refractivity contribution in [3.63, 3.8) is 0 Å². The van der Waals surface area contributed by atoms with Crippen LogP contribution < -0.4 is 5.32 Å². The molecular weight excluding hydrogens is 254 g/mol. The number of fused-ring (bicyclic) bond motifs is 1. The minimum atomic E-state index is 0.267. The first-order chi connectivity index (χ1) is 9.81. The number of rotatable bonds is 3. The zero-order valence-electron chi connectivity index (χ0n) is 10.3. The van der Waals surface area contributed by atoms with Crippen LogP contribution in [0.4, 0.5) is 17.1 Å². The molecule has 2 aromatic heterocycles. The Labute approximate surface area is 114 Å². The number of para-hydroxylation sites is 1. The molecule has 0 atom stereocenters. The zero-order valence-corrected chi connectivity index (χ0v) is 10.3. The average molecular weight is 263 g/mol. The van der Waals surface area contributed by atoms with Gasteiger partial charge in [0.1, 0.15) is 11.8 Å². The second kappa shape index (κ2) is 4.82. The summed E-state index contributed by atoms with van der Waals surface area (Å²) in [7, 11) is 0. The number of hydrogen-bond acceptors (Lipinski definition) is 5. The molecule has 3 aromatic rings. The average Bonchev–Trinajstić information content (AvgIpc) is 2.92. The summed E-state index contributed by atoms with van der Waals surface area (Å²) in [5.74, 6) is 0. The molecule has 0 amide bonds. The summed E-state index contributed by atoms with van der Waals surface area (Å²) in [4.78, 5) is 10.6. The maximum absolute atomic E-state index is 10.6. The smallest absolute Gasteiger partial charge is 0.128 e. The number of anilines is 2. The van der Waals surface area contributed by atoms with Gasteiger partial charge in [-0.2, -0.15) is 10.4 Å². The lowest BCUT2D eigenvalue weighted by atomic mass is 10.2. The highest BCUT2D eigenvalue weighted by molar-refractivity contribution is 5.83. The fraction of sp³-hybridized carbons (Fsp3) is 0. The SMILES string of the molecule is N#Cc1cnn2cc(N=O)cc2c1Nc1ccccc1. The summed E-state index contributed by atoms with van der Waals surface area (Å²) in [6.45, 7) is 0. The van der Waals surface area contributed by atoms with Crippen LogP contribution in [-0.2, 0) is 0 Å². The minimum absolute atomic E-state index is 0.267. The third kappa shape index (κ3) is 1.97. The molecule has 6 nitrogen and oxygen atoms in total. The van der Waals surface area contributed by atoms with Gasteiger partial charge in [0.2, 0.25) is 0 Å². The molecule has 96 valence electrons. The van der Waals surface area contributed by atoms with E-state index in [1.54, 1.807) is 6.07 Å². The molecule has 1 aromatic carbocycles. The number of nitrogens with one attached hydrogen (secondary N) is 1. The van der Waals surface area contributed by atoms with Crippen LogP contribution in [0.2, 0.25) is 0 Å². The highest BCUT2D eigenvalue weighted by Gasteiger charge is 2.11. The van der Waals surface area contributed by atoms with Crippen LogP contribution in [0.5, 0.6) is 0 Å². The lowest BCUT2D eigenvalue weighted by Gasteiger charge is -2.09. The second-order valence-electron chi connectivity index (χ2n) is 4.16. The summed E-state index contributed by atoms with van der Waals surface area (Å²) in [6.07, 6.45) is 2.96. The zero-order chi connectivity index (χ0) is 13.9. The molecule has 2 heterocycles. The van der Waals surface area contributed by atoms with Gasteiger partial charge in [0.25, 0.3) is 0 Å². The monoisotopic (exact) mass is 263 g/mol. The van der Waals surface area contributed by atoms with Crippen molar-refractivity contribution in [1.29, 1.82) is 5.26 Å². The highest BCUT2D eigenvalue weighted by atomic mass is 16.3. The Balaban J connectivity index is 2.18. The molecule has 0 spiro atoms. The first-order valence-electron chi connectivity index (χ1n) is 5.89. The Morgan fingerprint density at radius 3 is 2.80 bits per heavy atom. The number of nitroso groups, excluding NO2 is 1. The predicted octanol–water partition coefficient (Wildman–Crippen LogP) is 3.35. The van der Waals surface area contributed by atoms with Crippen molar-refractivity contribution in [2.24, 2.45) is 5.18 Å². The summed E-state index contributed by atoms with van der Waals surface area (Å²) in [5.41, 5.74) is 2.74. The second-order valence-corrected chi connectivity index (χ2v) is 4.16. The fourth-order valence-corrected chi connectivity index (χ4v) is 1.97. The maximum Gasteiger partial charge on any atom is 0.128 e. The van der Waals surface area contributed by atoms with Crippen molar-refractivity contribution in [3.8, 4) is 6.07 Å². The molecule has 0 unspecified atom stereocenters. The van der Waals surface area contributed by atoms with E-state index in [0.29, 0.717) is 16.8 Å². The van der Waals surface area contributed by atoms with Crippen LogP contribution in [0, 0.1) is 16.2 Å². The van der Waals surface area contributed by atoms with E-state index in [-0.39, 0.29) is 5.69 Å². The summed E-state index contributed by atoms with van der Waals surface area (Å²) in [6, 6.07) is 13.1. The molecule has 0 radical (unpaired) electrons. The fourth-order valence-electron chi connectivity index (χ4n) is 1.97. The standard InChI is InChI=1S/C14H9N5O/c15-7-10-8-16-19-9-12(18-20)6-13(19)14(10)17-11-4-2-1-3-5-11/h1-6,8-9,17H. The Morgan fingerprint density at radius 2 is 2.10 bits per heavy atom. The van der Waals surface area contributed by atoms with E-state index in [9.17, 15) is 10.2 Å². The first-order valence-corrected chi connectivity index (χ1v) is 5.89. The van der Waals surface area contributed by atoms with E-state index in [1.807, 2.05) is 30.3 Å². The molecule has 0 saturated heterocycles. The third-order valence-corrected chi connectivity index (χ3v) is 2.89. The molecule has 0 saturated carbocycles. The Morgan fingerprint density at radius 1 is 1.30 bits per heavy atom. The van der Waals surface area contributed by atoms with Crippen molar-refractivity contribution in [1.82, 2.24) is 9.61 Å². The Bertz CT molecular complexity index is 817. The largest absolute Gasteiger partial charge is 0.353 e. The van der Waals surface area contributed by atoms with Crippen LogP contribution in [0.1, 0.15) is 5.56 Å². The van der Waals surface area contributed by atoms with Gasteiger partial charge in [0.05, 0.1) is 29.2 Å². The summed E-state index contributed by atoms with van der Waals surface area (Å²) < 4.78 is 1.52. The summed E-state index contributed by atoms with van der Waals surface area (Å²) >= 11 is 0. The number of aromatic nitrogens is 2. The van der Waals surface area contributed by atoms with Gasteiger partial charge in [-0.3, -0.25) is 0 Å². The Hall–Kier alpha value is -3.20. The van der Waals surface area contributed by atoms with E-state index >= 15 is 0 Å². The van der Waals surface area contributed by atoms with Crippen LogP contribution >= 0.6 is 0 Å². The van der Waals surface area contributed by atoms with Crippen LogP contribution in [0.3, 0.4) is 0 Å². The van der Waals surface area contributed by atoms with Crippen molar-refractivity contribution in [2.75, 3.05) is 5.32 Å². The van der Waals surface area contributed by atoms with Crippen LogP contribution in [0.15, 0.2) is 54.0 Å². The molecule has 1 N–H and O–H groups in total. The lowest BCUT2D eigenvalue weighted by molar-refractivity contribution is 0.938. The first kappa shape index (κ1) is 11.9. The number of nitriles is 1. The summed E-state index contributed by atoms with van der Waals surface area (Å²) in [5, 5.41) is 19.3. The van der Waals surface area contributed by atoms with Gasteiger partial charge >= 0.3 is 0 Å². The van der Waals surface area contributed by atoms with Crippen molar-refractivity contribution < 1.29 is 0 Å². The van der Waals surface area contributed by atoms with E-state index in [4.69, 9.17) is 0 Å². The minimum Gasteiger partial charge on any atom is -0.353 e. The third-order valence-electron chi connectivity index (χ3n) is 2.89.